The van der Waals surface area contributed by atoms with Crippen molar-refractivity contribution in [2.24, 2.45) is 0 Å². The molecule has 16 heavy (non-hydrogen) atoms. The van der Waals surface area contributed by atoms with Crippen molar-refractivity contribution in [2.45, 2.75) is 20.0 Å². The third kappa shape index (κ3) is 2.31. The van der Waals surface area contributed by atoms with E-state index < -0.39 is 0 Å². The molecule has 5 heteroatoms. The minimum atomic E-state index is -0.0825. The first-order valence-corrected chi connectivity index (χ1v) is 5.19. The molecule has 0 amide bonds. The van der Waals surface area contributed by atoms with Crippen molar-refractivity contribution in [1.82, 2.24) is 14.8 Å². The standard InChI is InChI=1S/C11H13BN3O/c1-12-10-4-2-9(3-5-10)6-15-8-13-14-11(15)7-16/h2-5,8,16H,6-7H2,1H3. The molecule has 0 saturated heterocycles. The van der Waals surface area contributed by atoms with Crippen molar-refractivity contribution in [3.63, 3.8) is 0 Å². The van der Waals surface area contributed by atoms with Crippen molar-refractivity contribution < 1.29 is 5.11 Å². The second kappa shape index (κ2) is 4.94. The van der Waals surface area contributed by atoms with Gasteiger partial charge in [0.25, 0.3) is 0 Å². The fraction of sp³-hybridized carbons (Fsp3) is 0.273. The molecule has 81 valence electrons. The van der Waals surface area contributed by atoms with Gasteiger partial charge in [-0.15, -0.1) is 10.2 Å². The summed E-state index contributed by atoms with van der Waals surface area (Å²) in [7, 11) is 2.06. The molecule has 0 fully saturated rings. The first-order valence-electron chi connectivity index (χ1n) is 5.19. The predicted molar refractivity (Wildman–Crippen MR) is 62.7 cm³/mol. The molecule has 0 bridgehead atoms. The fourth-order valence-corrected chi connectivity index (χ4v) is 1.55. The maximum Gasteiger partial charge on any atom is 0.158 e. The van der Waals surface area contributed by atoms with Gasteiger partial charge in [0, 0.05) is 0 Å². The number of nitrogens with zero attached hydrogens (tertiary/aromatic N) is 3. The topological polar surface area (TPSA) is 50.9 Å². The molecule has 0 aliphatic carbocycles. The Bertz CT molecular complexity index is 453. The number of aromatic nitrogens is 3. The SMILES string of the molecule is C[B]c1ccc(Cn2cnnc2CO)cc1. The third-order valence-electron chi connectivity index (χ3n) is 2.50. The van der Waals surface area contributed by atoms with Crippen molar-refractivity contribution in [2.75, 3.05) is 0 Å². The minimum absolute atomic E-state index is 0.0825. The van der Waals surface area contributed by atoms with Crippen LogP contribution in [0.2, 0.25) is 6.82 Å². The van der Waals surface area contributed by atoms with E-state index in [1.807, 2.05) is 11.4 Å². The molecule has 0 aliphatic rings. The van der Waals surface area contributed by atoms with Crippen LogP contribution < -0.4 is 5.46 Å². The summed E-state index contributed by atoms with van der Waals surface area (Å²) in [5.41, 5.74) is 2.37. The van der Waals surface area contributed by atoms with E-state index in [4.69, 9.17) is 5.11 Å². The molecular weight excluding hydrogens is 201 g/mol. The molecule has 1 aromatic carbocycles. The summed E-state index contributed by atoms with van der Waals surface area (Å²) in [4.78, 5) is 0. The zero-order valence-corrected chi connectivity index (χ0v) is 9.17. The molecule has 0 saturated carbocycles. The van der Waals surface area contributed by atoms with Gasteiger partial charge in [-0.1, -0.05) is 36.6 Å². The molecule has 1 radical (unpaired) electrons. The molecule has 2 rings (SSSR count). The molecule has 0 spiro atoms. The third-order valence-corrected chi connectivity index (χ3v) is 2.50. The zero-order valence-electron chi connectivity index (χ0n) is 9.17. The van der Waals surface area contributed by atoms with Gasteiger partial charge in [-0.25, -0.2) is 0 Å². The Balaban J connectivity index is 2.14. The summed E-state index contributed by atoms with van der Waals surface area (Å²) in [5.74, 6) is 0.589. The van der Waals surface area contributed by atoms with Crippen molar-refractivity contribution in [1.29, 1.82) is 0 Å². The number of hydrogen-bond donors (Lipinski definition) is 1. The number of aliphatic hydroxyl groups is 1. The normalized spacial score (nSPS) is 10.4. The van der Waals surface area contributed by atoms with Gasteiger partial charge >= 0.3 is 0 Å². The number of benzene rings is 1. The van der Waals surface area contributed by atoms with Gasteiger partial charge in [0.1, 0.15) is 20.2 Å². The first kappa shape index (κ1) is 10.9. The summed E-state index contributed by atoms with van der Waals surface area (Å²) < 4.78 is 1.84. The largest absolute Gasteiger partial charge is 0.388 e. The molecule has 0 aliphatic heterocycles. The summed E-state index contributed by atoms with van der Waals surface area (Å²) in [6.07, 6.45) is 1.63. The molecule has 2 aromatic rings. The Kier molecular flexibility index (Phi) is 3.36. The van der Waals surface area contributed by atoms with Gasteiger partial charge in [0.2, 0.25) is 0 Å². The summed E-state index contributed by atoms with van der Waals surface area (Å²) in [6.45, 7) is 2.62. The van der Waals surface area contributed by atoms with Gasteiger partial charge in [0.15, 0.2) is 5.82 Å². The average Bonchev–Trinajstić information content (AvgIpc) is 2.77. The number of hydrogen-bond acceptors (Lipinski definition) is 3. The van der Waals surface area contributed by atoms with Gasteiger partial charge in [-0.05, 0) is 5.56 Å². The Hall–Kier alpha value is -1.62. The number of rotatable bonds is 4. The lowest BCUT2D eigenvalue weighted by atomic mass is 9.73. The molecule has 4 nitrogen and oxygen atoms in total. The Labute approximate surface area is 95.2 Å². The highest BCUT2D eigenvalue weighted by Crippen LogP contribution is 2.03. The van der Waals surface area contributed by atoms with Crippen LogP contribution in [-0.2, 0) is 13.2 Å². The second-order valence-corrected chi connectivity index (χ2v) is 3.56. The highest BCUT2D eigenvalue weighted by Gasteiger charge is 2.02. The maximum atomic E-state index is 9.04. The first-order chi connectivity index (χ1) is 7.83. The van der Waals surface area contributed by atoms with Crippen LogP contribution in [0.3, 0.4) is 0 Å². The van der Waals surface area contributed by atoms with Gasteiger partial charge < -0.3 is 9.67 Å². The van der Waals surface area contributed by atoms with Crippen LogP contribution in [0.5, 0.6) is 0 Å². The van der Waals surface area contributed by atoms with Crippen LogP contribution in [0, 0.1) is 0 Å². The molecule has 1 N–H and O–H groups in total. The number of aliphatic hydroxyl groups excluding tert-OH is 1. The van der Waals surface area contributed by atoms with Crippen LogP contribution in [0.25, 0.3) is 0 Å². The van der Waals surface area contributed by atoms with E-state index in [0.717, 1.165) is 0 Å². The molecule has 0 atom stereocenters. The van der Waals surface area contributed by atoms with E-state index in [9.17, 15) is 0 Å². The Morgan fingerprint density at radius 3 is 2.69 bits per heavy atom. The average molecular weight is 214 g/mol. The lowest BCUT2D eigenvalue weighted by Gasteiger charge is -2.05. The van der Waals surface area contributed by atoms with Crippen LogP contribution in [-0.4, -0.2) is 27.2 Å². The Morgan fingerprint density at radius 2 is 2.06 bits per heavy atom. The lowest BCUT2D eigenvalue weighted by Crippen LogP contribution is -2.10. The molecule has 1 heterocycles. The van der Waals surface area contributed by atoms with E-state index in [2.05, 4.69) is 41.7 Å². The summed E-state index contributed by atoms with van der Waals surface area (Å²) >= 11 is 0. The molecule has 1 aromatic heterocycles. The van der Waals surface area contributed by atoms with Crippen LogP contribution in [0.1, 0.15) is 11.4 Å². The van der Waals surface area contributed by atoms with E-state index in [1.165, 1.54) is 11.0 Å². The quantitative estimate of drug-likeness (QED) is 0.739. The lowest BCUT2D eigenvalue weighted by molar-refractivity contribution is 0.265. The molecular formula is C11H13BN3O. The Morgan fingerprint density at radius 1 is 1.31 bits per heavy atom. The van der Waals surface area contributed by atoms with Crippen molar-refractivity contribution in [3.05, 3.63) is 42.0 Å². The maximum absolute atomic E-state index is 9.04. The van der Waals surface area contributed by atoms with Crippen LogP contribution in [0.4, 0.5) is 0 Å². The molecule has 0 unspecified atom stereocenters. The highest BCUT2D eigenvalue weighted by molar-refractivity contribution is 6.51. The monoisotopic (exact) mass is 214 g/mol. The zero-order chi connectivity index (χ0) is 11.4. The van der Waals surface area contributed by atoms with Crippen molar-refractivity contribution >= 4 is 12.7 Å². The van der Waals surface area contributed by atoms with Crippen molar-refractivity contribution in [3.8, 4) is 0 Å². The van der Waals surface area contributed by atoms with E-state index in [1.54, 1.807) is 6.33 Å². The second-order valence-electron chi connectivity index (χ2n) is 3.56. The predicted octanol–water partition coefficient (Wildman–Crippen LogP) is 0.196. The van der Waals surface area contributed by atoms with E-state index in [-0.39, 0.29) is 6.61 Å². The van der Waals surface area contributed by atoms with Gasteiger partial charge in [-0.3, -0.25) is 0 Å². The van der Waals surface area contributed by atoms with E-state index in [0.29, 0.717) is 12.4 Å². The van der Waals surface area contributed by atoms with Crippen LogP contribution in [0.15, 0.2) is 30.6 Å². The summed E-state index contributed by atoms with van der Waals surface area (Å²) in [6, 6.07) is 8.27. The van der Waals surface area contributed by atoms with Gasteiger partial charge in [-0.2, -0.15) is 0 Å². The fourth-order valence-electron chi connectivity index (χ4n) is 1.55. The smallest absolute Gasteiger partial charge is 0.158 e. The van der Waals surface area contributed by atoms with Crippen LogP contribution >= 0.6 is 0 Å². The minimum Gasteiger partial charge on any atom is -0.388 e. The summed E-state index contributed by atoms with van der Waals surface area (Å²) in [5, 5.41) is 16.6. The van der Waals surface area contributed by atoms with Gasteiger partial charge in [0.05, 0.1) is 6.54 Å². The highest BCUT2D eigenvalue weighted by atomic mass is 16.3. The van der Waals surface area contributed by atoms with E-state index >= 15 is 0 Å².